The molecule has 1 N–H and O–H groups in total. The molecule has 0 spiro atoms. The Bertz CT molecular complexity index is 1370. The van der Waals surface area contributed by atoms with Crippen molar-refractivity contribution in [3.05, 3.63) is 102 Å². The number of carbonyl (C=O) groups is 2. The van der Waals surface area contributed by atoms with Crippen molar-refractivity contribution >= 4 is 34.0 Å². The minimum Gasteiger partial charge on any atom is -0.484 e. The zero-order valence-corrected chi connectivity index (χ0v) is 22.0. The second kappa shape index (κ2) is 11.3. The summed E-state index contributed by atoms with van der Waals surface area (Å²) >= 11 is 0. The van der Waals surface area contributed by atoms with Crippen molar-refractivity contribution < 1.29 is 14.3 Å². The zero-order valence-electron chi connectivity index (χ0n) is 22.0. The molecule has 0 saturated heterocycles. The van der Waals surface area contributed by atoms with Crippen LogP contribution in [0.15, 0.2) is 91.0 Å². The van der Waals surface area contributed by atoms with E-state index in [9.17, 15) is 9.59 Å². The van der Waals surface area contributed by atoms with E-state index in [1.807, 2.05) is 73.7 Å². The molecule has 37 heavy (non-hydrogen) atoms. The van der Waals surface area contributed by atoms with Gasteiger partial charge in [0, 0.05) is 23.2 Å². The van der Waals surface area contributed by atoms with E-state index in [2.05, 4.69) is 26.1 Å². The third-order valence-corrected chi connectivity index (χ3v) is 6.92. The van der Waals surface area contributed by atoms with E-state index in [0.717, 1.165) is 22.9 Å². The summed E-state index contributed by atoms with van der Waals surface area (Å²) in [7, 11) is 0. The molecule has 0 aliphatic heterocycles. The molecule has 190 valence electrons. The summed E-state index contributed by atoms with van der Waals surface area (Å²) in [6, 6.07) is 28.9. The van der Waals surface area contributed by atoms with Crippen LogP contribution in [0.2, 0.25) is 0 Å². The molecular formula is C32H34N2O3. The lowest BCUT2D eigenvalue weighted by atomic mass is 9.82. The number of rotatable bonds is 9. The Morgan fingerprint density at radius 2 is 1.51 bits per heavy atom. The molecule has 5 nitrogen and oxygen atoms in total. The molecule has 4 aromatic carbocycles. The summed E-state index contributed by atoms with van der Waals surface area (Å²) in [5.41, 5.74) is 3.39. The van der Waals surface area contributed by atoms with Crippen LogP contribution in [0.4, 0.5) is 11.4 Å². The first-order valence-electron chi connectivity index (χ1n) is 12.7. The van der Waals surface area contributed by atoms with Gasteiger partial charge >= 0.3 is 0 Å². The molecule has 0 aliphatic carbocycles. The lowest BCUT2D eigenvalue weighted by molar-refractivity contribution is -0.118. The average molecular weight is 495 g/mol. The number of nitrogens with zero attached hydrogens (tertiary/aromatic N) is 1. The number of ether oxygens (including phenoxy) is 1. The van der Waals surface area contributed by atoms with Gasteiger partial charge in [0.1, 0.15) is 5.75 Å². The fraction of sp³-hybridized carbons (Fsp3) is 0.250. The Hall–Kier alpha value is -4.12. The smallest absolute Gasteiger partial charge is 0.262 e. The lowest BCUT2D eigenvalue weighted by Crippen LogP contribution is -2.30. The van der Waals surface area contributed by atoms with Gasteiger partial charge in [0.25, 0.3) is 11.8 Å². The van der Waals surface area contributed by atoms with E-state index in [1.165, 1.54) is 5.56 Å². The highest BCUT2D eigenvalue weighted by Gasteiger charge is 2.19. The van der Waals surface area contributed by atoms with Gasteiger partial charge < -0.3 is 15.0 Å². The SMILES string of the molecule is CCN(C(=O)c1ccc(NC(=O)COc2ccc(C(C)(C)CC)cc2)cc1)c1cccc2ccccc12. The van der Waals surface area contributed by atoms with Crippen molar-refractivity contribution in [2.45, 2.75) is 39.5 Å². The van der Waals surface area contributed by atoms with Crippen LogP contribution in [0.5, 0.6) is 5.75 Å². The molecule has 0 aromatic heterocycles. The van der Waals surface area contributed by atoms with Crippen LogP contribution < -0.4 is 15.0 Å². The summed E-state index contributed by atoms with van der Waals surface area (Å²) < 4.78 is 5.66. The van der Waals surface area contributed by atoms with Crippen molar-refractivity contribution in [3.63, 3.8) is 0 Å². The largest absolute Gasteiger partial charge is 0.484 e. The number of anilines is 2. The maximum absolute atomic E-state index is 13.3. The maximum atomic E-state index is 13.3. The molecule has 4 aromatic rings. The van der Waals surface area contributed by atoms with Crippen LogP contribution in [0.3, 0.4) is 0 Å². The lowest BCUT2D eigenvalue weighted by Gasteiger charge is -2.23. The minimum atomic E-state index is -0.261. The van der Waals surface area contributed by atoms with Crippen LogP contribution in [0, 0.1) is 0 Å². The Morgan fingerprint density at radius 3 is 2.19 bits per heavy atom. The van der Waals surface area contributed by atoms with Gasteiger partial charge in [-0.05, 0) is 72.2 Å². The van der Waals surface area contributed by atoms with Gasteiger partial charge in [-0.1, -0.05) is 69.3 Å². The molecule has 0 heterocycles. The van der Waals surface area contributed by atoms with Crippen molar-refractivity contribution in [3.8, 4) is 5.75 Å². The van der Waals surface area contributed by atoms with Gasteiger partial charge in [-0.25, -0.2) is 0 Å². The second-order valence-corrected chi connectivity index (χ2v) is 9.72. The van der Waals surface area contributed by atoms with Gasteiger partial charge in [-0.3, -0.25) is 9.59 Å². The summed E-state index contributed by atoms with van der Waals surface area (Å²) in [6.07, 6.45) is 1.04. The number of hydrogen-bond acceptors (Lipinski definition) is 3. The summed E-state index contributed by atoms with van der Waals surface area (Å²) in [6.45, 7) is 8.99. The van der Waals surface area contributed by atoms with Crippen LogP contribution in [-0.4, -0.2) is 25.0 Å². The van der Waals surface area contributed by atoms with E-state index in [4.69, 9.17) is 4.74 Å². The molecule has 0 saturated carbocycles. The van der Waals surface area contributed by atoms with Crippen LogP contribution in [0.25, 0.3) is 10.8 Å². The highest BCUT2D eigenvalue weighted by Crippen LogP contribution is 2.29. The predicted molar refractivity (Wildman–Crippen MR) is 152 cm³/mol. The summed E-state index contributed by atoms with van der Waals surface area (Å²) in [5.74, 6) is 0.303. The van der Waals surface area contributed by atoms with Crippen molar-refractivity contribution in [1.29, 1.82) is 0 Å². The zero-order chi connectivity index (χ0) is 26.4. The molecule has 0 radical (unpaired) electrons. The van der Waals surface area contributed by atoms with Crippen molar-refractivity contribution in [2.24, 2.45) is 0 Å². The Labute approximate surface area is 219 Å². The van der Waals surface area contributed by atoms with Gasteiger partial charge in [0.2, 0.25) is 0 Å². The van der Waals surface area contributed by atoms with E-state index in [1.54, 1.807) is 29.2 Å². The Kier molecular flexibility index (Phi) is 7.92. The standard InChI is InChI=1S/C32H34N2O3/c1-5-32(3,4)25-16-20-27(21-17-25)37-22-30(35)33-26-18-14-24(15-19-26)31(36)34(6-2)29-13-9-11-23-10-7-8-12-28(23)29/h7-21H,5-6,22H2,1-4H3,(H,33,35). The topological polar surface area (TPSA) is 58.6 Å². The third-order valence-electron chi connectivity index (χ3n) is 6.92. The number of amides is 2. The number of hydrogen-bond donors (Lipinski definition) is 1. The average Bonchev–Trinajstić information content (AvgIpc) is 2.93. The van der Waals surface area contributed by atoms with E-state index < -0.39 is 0 Å². The molecule has 5 heteroatoms. The Morgan fingerprint density at radius 1 is 0.838 bits per heavy atom. The molecule has 0 bridgehead atoms. The molecule has 0 fully saturated rings. The second-order valence-electron chi connectivity index (χ2n) is 9.72. The minimum absolute atomic E-state index is 0.0882. The third kappa shape index (κ3) is 6.00. The van der Waals surface area contributed by atoms with Crippen LogP contribution in [-0.2, 0) is 10.2 Å². The van der Waals surface area contributed by atoms with Gasteiger partial charge in [-0.15, -0.1) is 0 Å². The van der Waals surface area contributed by atoms with Crippen LogP contribution in [0.1, 0.15) is 50.0 Å². The summed E-state index contributed by atoms with van der Waals surface area (Å²) in [4.78, 5) is 27.5. The first kappa shape index (κ1) is 26.0. The molecule has 4 rings (SSSR count). The monoisotopic (exact) mass is 494 g/mol. The molecule has 0 unspecified atom stereocenters. The van der Waals surface area contributed by atoms with Crippen LogP contribution >= 0.6 is 0 Å². The van der Waals surface area contributed by atoms with E-state index in [-0.39, 0.29) is 23.8 Å². The van der Waals surface area contributed by atoms with E-state index in [0.29, 0.717) is 23.5 Å². The van der Waals surface area contributed by atoms with Gasteiger partial charge in [-0.2, -0.15) is 0 Å². The van der Waals surface area contributed by atoms with Crippen molar-refractivity contribution in [2.75, 3.05) is 23.4 Å². The normalized spacial score (nSPS) is 11.2. The number of carbonyl (C=O) groups excluding carboxylic acids is 2. The van der Waals surface area contributed by atoms with Gasteiger partial charge in [0.15, 0.2) is 6.61 Å². The number of nitrogens with one attached hydrogen (secondary N) is 1. The predicted octanol–water partition coefficient (Wildman–Crippen LogP) is 7.21. The number of benzene rings is 4. The Balaban J connectivity index is 1.37. The maximum Gasteiger partial charge on any atom is 0.262 e. The summed E-state index contributed by atoms with van der Waals surface area (Å²) in [5, 5.41) is 4.96. The number of fused-ring (bicyclic) bond motifs is 1. The fourth-order valence-corrected chi connectivity index (χ4v) is 4.27. The van der Waals surface area contributed by atoms with Crippen molar-refractivity contribution in [1.82, 2.24) is 0 Å². The first-order chi connectivity index (χ1) is 17.8. The first-order valence-corrected chi connectivity index (χ1v) is 12.7. The highest BCUT2D eigenvalue weighted by atomic mass is 16.5. The molecular weight excluding hydrogens is 460 g/mol. The van der Waals surface area contributed by atoms with E-state index >= 15 is 0 Å². The molecule has 0 atom stereocenters. The molecule has 0 aliphatic rings. The fourth-order valence-electron chi connectivity index (χ4n) is 4.27. The molecule has 2 amide bonds. The van der Waals surface area contributed by atoms with Gasteiger partial charge in [0.05, 0.1) is 5.69 Å². The highest BCUT2D eigenvalue weighted by molar-refractivity contribution is 6.11. The quantitative estimate of drug-likeness (QED) is 0.267.